The average Bonchev–Trinajstić information content (AvgIpc) is 2.89. The summed E-state index contributed by atoms with van der Waals surface area (Å²) < 4.78 is 0. The van der Waals surface area contributed by atoms with Gasteiger partial charge in [0.15, 0.2) is 0 Å². The second-order valence-corrected chi connectivity index (χ2v) is 8.84. The van der Waals surface area contributed by atoms with E-state index in [-0.39, 0.29) is 17.9 Å². The quantitative estimate of drug-likeness (QED) is 0.627. The Kier molecular flexibility index (Phi) is 6.32. The molecule has 4 rings (SSSR count). The lowest BCUT2D eigenvalue weighted by atomic mass is 9.89. The maximum absolute atomic E-state index is 13.5. The average molecular weight is 439 g/mol. The Morgan fingerprint density at radius 2 is 1.81 bits per heavy atom. The van der Waals surface area contributed by atoms with Crippen molar-refractivity contribution in [1.82, 2.24) is 10.2 Å². The number of nitrogens with one attached hydrogen (secondary N) is 1. The van der Waals surface area contributed by atoms with Crippen molar-refractivity contribution >= 4 is 30.4 Å². The number of thiol groups is 1. The molecular weight excluding hydrogens is 412 g/mol. The molecule has 1 fully saturated rings. The fourth-order valence-corrected chi connectivity index (χ4v) is 4.98. The smallest absolute Gasteiger partial charge is 0.326 e. The Morgan fingerprint density at radius 3 is 2.55 bits per heavy atom. The molecule has 0 spiro atoms. The summed E-state index contributed by atoms with van der Waals surface area (Å²) in [6, 6.07) is 15.3. The lowest BCUT2D eigenvalue weighted by molar-refractivity contribution is -0.156. The van der Waals surface area contributed by atoms with E-state index in [0.717, 1.165) is 29.5 Å². The fraction of sp³-hybridized carbons (Fsp3) is 0.375. The van der Waals surface area contributed by atoms with Gasteiger partial charge >= 0.3 is 5.97 Å². The number of hydrogen-bond donors (Lipinski definition) is 3. The molecular formula is C24H26N2O4S. The summed E-state index contributed by atoms with van der Waals surface area (Å²) in [5, 5.41) is 12.0. The number of rotatable bonds is 5. The van der Waals surface area contributed by atoms with Gasteiger partial charge in [0.05, 0.1) is 11.3 Å². The van der Waals surface area contributed by atoms with E-state index in [0.29, 0.717) is 19.3 Å². The van der Waals surface area contributed by atoms with E-state index < -0.39 is 23.3 Å². The van der Waals surface area contributed by atoms with Crippen molar-refractivity contribution in [3.05, 3.63) is 71.3 Å². The van der Waals surface area contributed by atoms with Crippen molar-refractivity contribution in [2.24, 2.45) is 0 Å². The summed E-state index contributed by atoms with van der Waals surface area (Å²) in [6.45, 7) is 0. The number of nitrogens with zero attached hydrogens (tertiary/aromatic N) is 1. The number of amides is 2. The van der Waals surface area contributed by atoms with E-state index in [1.807, 2.05) is 54.6 Å². The number of fused-ring (bicyclic) bond motifs is 3. The fourth-order valence-electron chi connectivity index (χ4n) is 4.70. The molecule has 1 saturated heterocycles. The number of carboxylic acids is 1. The lowest BCUT2D eigenvalue weighted by Crippen LogP contribution is -2.56. The Bertz CT molecular complexity index is 981. The highest BCUT2D eigenvalue weighted by atomic mass is 32.1. The highest BCUT2D eigenvalue weighted by Crippen LogP contribution is 2.39. The number of carbonyl (C=O) groups excluding carboxylic acids is 2. The third-order valence-electron chi connectivity index (χ3n) is 6.19. The Morgan fingerprint density at radius 1 is 1.10 bits per heavy atom. The molecule has 2 aromatic rings. The number of hydrogen-bond acceptors (Lipinski definition) is 4. The topological polar surface area (TPSA) is 86.7 Å². The van der Waals surface area contributed by atoms with Crippen LogP contribution in [0, 0.1) is 0 Å². The van der Waals surface area contributed by atoms with E-state index >= 15 is 0 Å². The van der Waals surface area contributed by atoms with Crippen LogP contribution in [0.1, 0.15) is 42.0 Å². The maximum Gasteiger partial charge on any atom is 0.326 e. The first-order chi connectivity index (χ1) is 15.0. The molecule has 2 aliphatic heterocycles. The van der Waals surface area contributed by atoms with Crippen molar-refractivity contribution in [2.75, 3.05) is 0 Å². The molecule has 0 radical (unpaired) electrons. The van der Waals surface area contributed by atoms with Crippen LogP contribution in [-0.2, 0) is 27.2 Å². The SMILES string of the molecule is O=C(N[C@H]1Cc2ccccc2C2CCC[C@@H](C(=O)O)N2C1=O)[C@H](S)Cc1ccccc1. The van der Waals surface area contributed by atoms with Gasteiger partial charge in [0.1, 0.15) is 12.1 Å². The molecule has 0 aliphatic carbocycles. The number of aliphatic carboxylic acids is 1. The highest BCUT2D eigenvalue weighted by Gasteiger charge is 2.44. The normalized spacial score (nSPS) is 23.8. The third kappa shape index (κ3) is 4.46. The minimum absolute atomic E-state index is 0.281. The van der Waals surface area contributed by atoms with Crippen LogP contribution in [0.25, 0.3) is 0 Å². The van der Waals surface area contributed by atoms with Crippen molar-refractivity contribution in [1.29, 1.82) is 0 Å². The van der Waals surface area contributed by atoms with Crippen LogP contribution in [0.4, 0.5) is 0 Å². The van der Waals surface area contributed by atoms with Gasteiger partial charge in [0.25, 0.3) is 0 Å². The van der Waals surface area contributed by atoms with Crippen molar-refractivity contribution in [3.63, 3.8) is 0 Å². The van der Waals surface area contributed by atoms with Crippen LogP contribution in [0.15, 0.2) is 54.6 Å². The minimum Gasteiger partial charge on any atom is -0.480 e. The van der Waals surface area contributed by atoms with Crippen LogP contribution >= 0.6 is 12.6 Å². The first-order valence-corrected chi connectivity index (χ1v) is 11.1. The minimum atomic E-state index is -1.00. The van der Waals surface area contributed by atoms with E-state index in [4.69, 9.17) is 0 Å². The van der Waals surface area contributed by atoms with Gasteiger partial charge in [-0.05, 0) is 42.4 Å². The molecule has 4 atom stereocenters. The highest BCUT2D eigenvalue weighted by molar-refractivity contribution is 7.81. The maximum atomic E-state index is 13.5. The largest absolute Gasteiger partial charge is 0.480 e. The van der Waals surface area contributed by atoms with E-state index in [2.05, 4.69) is 17.9 Å². The summed E-state index contributed by atoms with van der Waals surface area (Å²) in [6.07, 6.45) is 2.66. The summed E-state index contributed by atoms with van der Waals surface area (Å²) in [4.78, 5) is 39.8. The first kappa shape index (κ1) is 21.4. The number of carboxylic acid groups (broad SMARTS) is 1. The molecule has 0 aromatic heterocycles. The van der Waals surface area contributed by atoms with Gasteiger partial charge < -0.3 is 15.3 Å². The van der Waals surface area contributed by atoms with Crippen LogP contribution in [0.5, 0.6) is 0 Å². The van der Waals surface area contributed by atoms with Crippen LogP contribution in [0.3, 0.4) is 0 Å². The predicted octanol–water partition coefficient (Wildman–Crippen LogP) is 2.78. The third-order valence-corrected chi connectivity index (χ3v) is 6.61. The molecule has 2 heterocycles. The molecule has 2 amide bonds. The zero-order chi connectivity index (χ0) is 22.0. The van der Waals surface area contributed by atoms with Gasteiger partial charge in [0, 0.05) is 6.42 Å². The van der Waals surface area contributed by atoms with E-state index in [9.17, 15) is 19.5 Å². The van der Waals surface area contributed by atoms with Gasteiger partial charge in [-0.15, -0.1) is 0 Å². The van der Waals surface area contributed by atoms with Crippen LogP contribution < -0.4 is 5.32 Å². The molecule has 2 aliphatic rings. The number of piperidine rings is 1. The van der Waals surface area contributed by atoms with Gasteiger partial charge in [-0.25, -0.2) is 4.79 Å². The molecule has 0 bridgehead atoms. The Hall–Kier alpha value is -2.80. The number of benzene rings is 2. The van der Waals surface area contributed by atoms with E-state index in [1.54, 1.807) is 0 Å². The molecule has 2 N–H and O–H groups in total. The molecule has 31 heavy (non-hydrogen) atoms. The molecule has 0 saturated carbocycles. The van der Waals surface area contributed by atoms with Gasteiger partial charge in [-0.1, -0.05) is 54.6 Å². The monoisotopic (exact) mass is 438 g/mol. The Labute approximate surface area is 187 Å². The summed E-state index contributed by atoms with van der Waals surface area (Å²) in [5.41, 5.74) is 2.93. The summed E-state index contributed by atoms with van der Waals surface area (Å²) in [7, 11) is 0. The second-order valence-electron chi connectivity index (χ2n) is 8.22. The number of carbonyl (C=O) groups is 3. The molecule has 6 nitrogen and oxygen atoms in total. The molecule has 2 aromatic carbocycles. The van der Waals surface area contributed by atoms with Crippen LogP contribution in [0.2, 0.25) is 0 Å². The Balaban J connectivity index is 1.59. The van der Waals surface area contributed by atoms with E-state index in [1.165, 1.54) is 4.90 Å². The summed E-state index contributed by atoms with van der Waals surface area (Å²) in [5.74, 6) is -1.66. The zero-order valence-electron chi connectivity index (χ0n) is 17.1. The van der Waals surface area contributed by atoms with Crippen LogP contribution in [-0.4, -0.2) is 45.1 Å². The molecule has 1 unspecified atom stereocenters. The predicted molar refractivity (Wildman–Crippen MR) is 120 cm³/mol. The van der Waals surface area contributed by atoms with Crippen molar-refractivity contribution in [3.8, 4) is 0 Å². The van der Waals surface area contributed by atoms with Crippen molar-refractivity contribution < 1.29 is 19.5 Å². The van der Waals surface area contributed by atoms with Gasteiger partial charge in [-0.3, -0.25) is 9.59 Å². The zero-order valence-corrected chi connectivity index (χ0v) is 18.0. The molecule has 7 heteroatoms. The lowest BCUT2D eigenvalue weighted by Gasteiger charge is -2.40. The van der Waals surface area contributed by atoms with Gasteiger partial charge in [0.2, 0.25) is 11.8 Å². The molecule has 162 valence electrons. The van der Waals surface area contributed by atoms with Gasteiger partial charge in [-0.2, -0.15) is 12.6 Å². The summed E-state index contributed by atoms with van der Waals surface area (Å²) >= 11 is 4.46. The second kappa shape index (κ2) is 9.14. The van der Waals surface area contributed by atoms with Crippen molar-refractivity contribution in [2.45, 2.75) is 55.5 Å². The standard InChI is InChI=1S/C24H26N2O4S/c27-22(21(31)13-15-7-2-1-3-8-15)25-18-14-16-9-4-5-10-17(16)19-11-6-12-20(24(29)30)26(19)23(18)28/h1-5,7-10,18-21,31H,6,11-14H2,(H,25,27)(H,29,30)/t18-,19?,20-,21+/m0/s1. The first-order valence-electron chi connectivity index (χ1n) is 10.6.